The Kier molecular flexibility index (Phi) is 5.76. The van der Waals surface area contributed by atoms with E-state index in [0.717, 1.165) is 26.5 Å². The summed E-state index contributed by atoms with van der Waals surface area (Å²) in [6.07, 6.45) is -0.788. The van der Waals surface area contributed by atoms with E-state index in [4.69, 9.17) is 9.84 Å². The lowest BCUT2D eigenvalue weighted by Crippen LogP contribution is -2.24. The van der Waals surface area contributed by atoms with Crippen LogP contribution >= 0.6 is 11.8 Å². The molecule has 0 radical (unpaired) electrons. The standard InChI is InChI=1S/C20H20O5S/c1-12(20(24)25-11-15(22)10-21)13-6-7-18-14(8-13)9-17(23)16-4-2-3-5-19(16)26-18/h2-8,12,15,21-22H,9-11H2,1H3/t12?,15-/m0/s1. The first kappa shape index (κ1) is 18.6. The van der Waals surface area contributed by atoms with Gasteiger partial charge in [0.25, 0.3) is 0 Å². The molecule has 26 heavy (non-hydrogen) atoms. The second kappa shape index (κ2) is 8.03. The van der Waals surface area contributed by atoms with Crippen molar-refractivity contribution in [2.45, 2.75) is 35.2 Å². The number of carbonyl (C=O) groups excluding carboxylic acids is 2. The molecule has 6 heteroatoms. The highest BCUT2D eigenvalue weighted by Crippen LogP contribution is 2.38. The molecule has 0 amide bonds. The first-order chi connectivity index (χ1) is 12.5. The van der Waals surface area contributed by atoms with Gasteiger partial charge in [0.05, 0.1) is 12.5 Å². The first-order valence-electron chi connectivity index (χ1n) is 8.38. The summed E-state index contributed by atoms with van der Waals surface area (Å²) in [6, 6.07) is 13.2. The van der Waals surface area contributed by atoms with E-state index in [9.17, 15) is 14.7 Å². The van der Waals surface area contributed by atoms with Crippen LogP contribution in [0.3, 0.4) is 0 Å². The molecule has 0 bridgehead atoms. The number of Topliss-reactive ketones (excluding diaryl/α,β-unsaturated/α-hetero) is 1. The molecule has 0 aromatic heterocycles. The van der Waals surface area contributed by atoms with Crippen LogP contribution in [-0.4, -0.2) is 41.3 Å². The first-order valence-corrected chi connectivity index (χ1v) is 9.19. The van der Waals surface area contributed by atoms with Crippen LogP contribution in [0.4, 0.5) is 0 Å². The number of aliphatic hydroxyl groups is 2. The Labute approximate surface area is 156 Å². The number of rotatable bonds is 5. The van der Waals surface area contributed by atoms with Crippen LogP contribution in [0.1, 0.15) is 34.3 Å². The predicted molar refractivity (Wildman–Crippen MR) is 97.5 cm³/mol. The summed E-state index contributed by atoms with van der Waals surface area (Å²) >= 11 is 1.56. The lowest BCUT2D eigenvalue weighted by Gasteiger charge is -2.15. The van der Waals surface area contributed by atoms with Crippen molar-refractivity contribution in [1.82, 2.24) is 0 Å². The fourth-order valence-electron chi connectivity index (χ4n) is 2.77. The van der Waals surface area contributed by atoms with E-state index in [2.05, 4.69) is 0 Å². The molecule has 1 aliphatic rings. The van der Waals surface area contributed by atoms with Gasteiger partial charge in [0, 0.05) is 21.8 Å². The van der Waals surface area contributed by atoms with Crippen molar-refractivity contribution in [3.05, 3.63) is 59.2 Å². The maximum atomic E-state index is 12.5. The highest BCUT2D eigenvalue weighted by Gasteiger charge is 2.23. The van der Waals surface area contributed by atoms with Crippen molar-refractivity contribution in [3.63, 3.8) is 0 Å². The van der Waals surface area contributed by atoms with E-state index in [-0.39, 0.29) is 18.8 Å². The smallest absolute Gasteiger partial charge is 0.313 e. The number of hydrogen-bond donors (Lipinski definition) is 2. The summed E-state index contributed by atoms with van der Waals surface area (Å²) in [6.45, 7) is 1.02. The molecule has 2 aromatic carbocycles. The van der Waals surface area contributed by atoms with Gasteiger partial charge in [-0.2, -0.15) is 0 Å². The Bertz CT molecular complexity index is 833. The van der Waals surface area contributed by atoms with E-state index in [1.807, 2.05) is 42.5 Å². The molecule has 0 aliphatic carbocycles. The van der Waals surface area contributed by atoms with E-state index < -0.39 is 24.6 Å². The van der Waals surface area contributed by atoms with Crippen LogP contribution in [0.5, 0.6) is 0 Å². The fraction of sp³-hybridized carbons (Fsp3) is 0.300. The number of hydrogen-bond acceptors (Lipinski definition) is 6. The van der Waals surface area contributed by atoms with Crippen LogP contribution in [0, 0.1) is 0 Å². The third-order valence-corrected chi connectivity index (χ3v) is 5.52. The molecule has 0 spiro atoms. The molecule has 1 aliphatic heterocycles. The van der Waals surface area contributed by atoms with Gasteiger partial charge in [0.15, 0.2) is 5.78 Å². The van der Waals surface area contributed by atoms with Crippen LogP contribution in [-0.2, 0) is 16.0 Å². The molecule has 2 aromatic rings. The summed E-state index contributed by atoms with van der Waals surface area (Å²) in [7, 11) is 0. The predicted octanol–water partition coefficient (Wildman–Crippen LogP) is 2.58. The third-order valence-electron chi connectivity index (χ3n) is 4.33. The zero-order chi connectivity index (χ0) is 18.7. The highest BCUT2D eigenvalue weighted by molar-refractivity contribution is 7.99. The van der Waals surface area contributed by atoms with Gasteiger partial charge in [-0.1, -0.05) is 42.1 Å². The molecule has 2 N–H and O–H groups in total. The lowest BCUT2D eigenvalue weighted by atomic mass is 9.96. The van der Waals surface area contributed by atoms with E-state index in [1.54, 1.807) is 18.7 Å². The zero-order valence-corrected chi connectivity index (χ0v) is 15.2. The topological polar surface area (TPSA) is 83.8 Å². The zero-order valence-electron chi connectivity index (χ0n) is 14.3. The van der Waals surface area contributed by atoms with Crippen LogP contribution in [0.25, 0.3) is 0 Å². The summed E-state index contributed by atoms with van der Waals surface area (Å²) < 4.78 is 5.03. The molecular formula is C20H20O5S. The van der Waals surface area contributed by atoms with Gasteiger partial charge >= 0.3 is 5.97 Å². The number of carbonyl (C=O) groups is 2. The number of ketones is 1. The third kappa shape index (κ3) is 3.98. The average molecular weight is 372 g/mol. The number of fused-ring (bicyclic) bond motifs is 2. The molecule has 0 saturated heterocycles. The Morgan fingerprint density at radius 2 is 2.00 bits per heavy atom. The Hall–Kier alpha value is -2.15. The summed E-state index contributed by atoms with van der Waals surface area (Å²) in [5.41, 5.74) is 2.37. The van der Waals surface area contributed by atoms with E-state index >= 15 is 0 Å². The molecule has 3 rings (SSSR count). The van der Waals surface area contributed by atoms with Crippen molar-refractivity contribution in [3.8, 4) is 0 Å². The Morgan fingerprint density at radius 1 is 1.23 bits per heavy atom. The van der Waals surface area contributed by atoms with Gasteiger partial charge in [-0.25, -0.2) is 0 Å². The minimum absolute atomic E-state index is 0.0605. The van der Waals surface area contributed by atoms with E-state index in [1.165, 1.54) is 0 Å². The minimum atomic E-state index is -1.08. The lowest BCUT2D eigenvalue weighted by molar-refractivity contribution is -0.148. The molecule has 0 saturated carbocycles. The maximum Gasteiger partial charge on any atom is 0.313 e. The van der Waals surface area contributed by atoms with Gasteiger partial charge < -0.3 is 14.9 Å². The molecular weight excluding hydrogens is 352 g/mol. The second-order valence-electron chi connectivity index (χ2n) is 6.25. The monoisotopic (exact) mass is 372 g/mol. The molecule has 1 unspecified atom stereocenters. The number of aliphatic hydroxyl groups excluding tert-OH is 2. The van der Waals surface area contributed by atoms with Gasteiger partial charge in [-0.15, -0.1) is 0 Å². The number of esters is 1. The quantitative estimate of drug-likeness (QED) is 0.785. The SMILES string of the molecule is CC(C(=O)OC[C@@H](O)CO)c1ccc2c(c1)CC(=O)c1ccccc1S2. The Balaban J connectivity index is 1.80. The average Bonchev–Trinajstić information content (AvgIpc) is 2.80. The van der Waals surface area contributed by atoms with Crippen LogP contribution < -0.4 is 0 Å². The molecule has 136 valence electrons. The van der Waals surface area contributed by atoms with Gasteiger partial charge in [0.2, 0.25) is 0 Å². The molecule has 1 heterocycles. The second-order valence-corrected chi connectivity index (χ2v) is 7.34. The van der Waals surface area contributed by atoms with E-state index in [0.29, 0.717) is 0 Å². The highest BCUT2D eigenvalue weighted by atomic mass is 32.2. The van der Waals surface area contributed by atoms with Crippen LogP contribution in [0.2, 0.25) is 0 Å². The fourth-order valence-corrected chi connectivity index (χ4v) is 3.84. The molecule has 0 fully saturated rings. The largest absolute Gasteiger partial charge is 0.462 e. The van der Waals surface area contributed by atoms with Gasteiger partial charge in [0.1, 0.15) is 12.7 Å². The van der Waals surface area contributed by atoms with Crippen molar-refractivity contribution >= 4 is 23.5 Å². The maximum absolute atomic E-state index is 12.5. The van der Waals surface area contributed by atoms with Crippen molar-refractivity contribution < 1.29 is 24.5 Å². The minimum Gasteiger partial charge on any atom is -0.462 e. The molecule has 2 atom stereocenters. The Morgan fingerprint density at radius 3 is 2.77 bits per heavy atom. The van der Waals surface area contributed by atoms with Crippen molar-refractivity contribution in [2.75, 3.05) is 13.2 Å². The van der Waals surface area contributed by atoms with Crippen molar-refractivity contribution in [1.29, 1.82) is 0 Å². The number of benzene rings is 2. The molecule has 5 nitrogen and oxygen atoms in total. The summed E-state index contributed by atoms with van der Waals surface area (Å²) in [5, 5.41) is 18.1. The summed E-state index contributed by atoms with van der Waals surface area (Å²) in [5.74, 6) is -0.949. The van der Waals surface area contributed by atoms with Crippen LogP contribution in [0.15, 0.2) is 52.3 Å². The van der Waals surface area contributed by atoms with Gasteiger partial charge in [-0.05, 0) is 30.2 Å². The van der Waals surface area contributed by atoms with Crippen molar-refractivity contribution in [2.24, 2.45) is 0 Å². The normalized spacial score (nSPS) is 15.4. The summed E-state index contributed by atoms with van der Waals surface area (Å²) in [4.78, 5) is 26.6. The number of ether oxygens (including phenoxy) is 1. The van der Waals surface area contributed by atoms with Gasteiger partial charge in [-0.3, -0.25) is 9.59 Å².